The average Bonchev–Trinajstić information content (AvgIpc) is 2.92. The summed E-state index contributed by atoms with van der Waals surface area (Å²) in [7, 11) is 0. The fraction of sp³-hybridized carbons (Fsp3) is 0.750. The largest absolute Gasteiger partial charge is 0.481 e. The molecule has 1 aromatic heterocycles. The van der Waals surface area contributed by atoms with Crippen LogP contribution in [-0.2, 0) is 11.2 Å². The molecule has 1 aliphatic rings. The number of rotatable bonds is 7. The predicted octanol–water partition coefficient (Wildman–Crippen LogP) is 1.79. The molecule has 1 saturated carbocycles. The summed E-state index contributed by atoms with van der Waals surface area (Å²) in [5, 5.41) is 9.27. The van der Waals surface area contributed by atoms with Gasteiger partial charge in [-0.15, -0.1) is 0 Å². The number of nitrogens with zero attached hydrogens (tertiary/aromatic N) is 2. The minimum atomic E-state index is -0.746. The van der Waals surface area contributed by atoms with Gasteiger partial charge in [0.15, 0.2) is 0 Å². The minimum Gasteiger partial charge on any atom is -0.481 e. The molecule has 0 radical (unpaired) electrons. The van der Waals surface area contributed by atoms with E-state index in [1.165, 1.54) is 25.7 Å². The van der Waals surface area contributed by atoms with Crippen LogP contribution in [-0.4, -0.2) is 32.6 Å². The first-order valence-corrected chi connectivity index (χ1v) is 8.05. The molecule has 2 rings (SSSR count). The Balaban J connectivity index is 0.00000242. The van der Waals surface area contributed by atoms with Crippen LogP contribution in [0, 0.1) is 11.8 Å². The Kier molecular flexibility index (Phi) is 7.55. The maximum Gasteiger partial charge on any atom is 0.306 e. The Morgan fingerprint density at radius 1 is 1.45 bits per heavy atom. The summed E-state index contributed by atoms with van der Waals surface area (Å²) in [6.45, 7) is 2.85. The summed E-state index contributed by atoms with van der Waals surface area (Å²) in [4.78, 5) is 15.7. The summed E-state index contributed by atoms with van der Waals surface area (Å²) < 4.78 is 2.18. The molecule has 1 atom stereocenters. The topological polar surface area (TPSA) is 113 Å². The monoisotopic (exact) mass is 311 g/mol. The summed E-state index contributed by atoms with van der Waals surface area (Å²) in [5.41, 5.74) is 6.36. The SMILES string of the molecule is CC1CCC(n2cnc(CC(CCCN)C(=O)O)c2)CC1.O. The summed E-state index contributed by atoms with van der Waals surface area (Å²) in [6, 6.07) is 0.537. The number of hydrogen-bond acceptors (Lipinski definition) is 3. The van der Waals surface area contributed by atoms with Gasteiger partial charge in [-0.1, -0.05) is 6.92 Å². The van der Waals surface area contributed by atoms with E-state index in [0.717, 1.165) is 18.0 Å². The molecule has 1 fully saturated rings. The standard InChI is InChI=1S/C16H27N3O2.H2O/c1-12-4-6-15(7-5-12)19-10-14(18-11-19)9-13(16(20)21)3-2-8-17;/h10-13,15H,2-9,17H2,1H3,(H,20,21);1H2. The molecule has 0 aromatic carbocycles. The van der Waals surface area contributed by atoms with Gasteiger partial charge in [-0.25, -0.2) is 4.98 Å². The highest BCUT2D eigenvalue weighted by molar-refractivity contribution is 5.70. The smallest absolute Gasteiger partial charge is 0.306 e. The zero-order valence-electron chi connectivity index (χ0n) is 13.4. The Morgan fingerprint density at radius 2 is 2.14 bits per heavy atom. The van der Waals surface area contributed by atoms with Crippen LogP contribution >= 0.6 is 0 Å². The van der Waals surface area contributed by atoms with Crippen LogP contribution < -0.4 is 5.73 Å². The van der Waals surface area contributed by atoms with E-state index in [4.69, 9.17) is 5.73 Å². The lowest BCUT2D eigenvalue weighted by molar-refractivity contribution is -0.142. The van der Waals surface area contributed by atoms with E-state index in [2.05, 4.69) is 16.5 Å². The number of carboxylic acids is 1. The van der Waals surface area contributed by atoms with E-state index in [-0.39, 0.29) is 11.4 Å². The Morgan fingerprint density at radius 3 is 2.73 bits per heavy atom. The van der Waals surface area contributed by atoms with Crippen molar-refractivity contribution in [2.75, 3.05) is 6.54 Å². The maximum atomic E-state index is 11.3. The second kappa shape index (κ2) is 8.90. The van der Waals surface area contributed by atoms with Crippen LogP contribution in [0.5, 0.6) is 0 Å². The van der Waals surface area contributed by atoms with Gasteiger partial charge in [0.05, 0.1) is 17.9 Å². The molecule has 0 aliphatic heterocycles. The molecule has 5 N–H and O–H groups in total. The van der Waals surface area contributed by atoms with Gasteiger partial charge in [-0.05, 0) is 51.0 Å². The summed E-state index contributed by atoms with van der Waals surface area (Å²) >= 11 is 0. The van der Waals surface area contributed by atoms with E-state index < -0.39 is 5.97 Å². The summed E-state index contributed by atoms with van der Waals surface area (Å²) in [6.07, 6.45) is 10.7. The lowest BCUT2D eigenvalue weighted by atomic mass is 9.87. The first-order chi connectivity index (χ1) is 10.1. The number of imidazole rings is 1. The molecule has 1 aromatic rings. The van der Waals surface area contributed by atoms with Crippen molar-refractivity contribution in [2.24, 2.45) is 17.6 Å². The van der Waals surface area contributed by atoms with Gasteiger partial charge in [0.1, 0.15) is 0 Å². The van der Waals surface area contributed by atoms with Crippen LogP contribution in [0.25, 0.3) is 0 Å². The molecule has 0 bridgehead atoms. The zero-order valence-corrected chi connectivity index (χ0v) is 13.4. The summed E-state index contributed by atoms with van der Waals surface area (Å²) in [5.74, 6) is -0.287. The zero-order chi connectivity index (χ0) is 15.2. The Labute approximate surface area is 132 Å². The molecule has 126 valence electrons. The highest BCUT2D eigenvalue weighted by atomic mass is 16.4. The average molecular weight is 311 g/mol. The lowest BCUT2D eigenvalue weighted by Crippen LogP contribution is -2.18. The number of nitrogens with two attached hydrogens (primary N) is 1. The first kappa shape index (κ1) is 18.6. The van der Waals surface area contributed by atoms with Crippen molar-refractivity contribution in [1.29, 1.82) is 0 Å². The molecule has 22 heavy (non-hydrogen) atoms. The van der Waals surface area contributed by atoms with Crippen molar-refractivity contribution < 1.29 is 15.4 Å². The number of carboxylic acid groups (broad SMARTS) is 1. The van der Waals surface area contributed by atoms with E-state index >= 15 is 0 Å². The van der Waals surface area contributed by atoms with Crippen molar-refractivity contribution in [3.8, 4) is 0 Å². The quantitative estimate of drug-likeness (QED) is 0.799. The van der Waals surface area contributed by atoms with Crippen LogP contribution in [0.1, 0.15) is 57.2 Å². The van der Waals surface area contributed by atoms with Crippen molar-refractivity contribution in [3.63, 3.8) is 0 Å². The van der Waals surface area contributed by atoms with Crippen LogP contribution in [0.2, 0.25) is 0 Å². The molecule has 6 nitrogen and oxygen atoms in total. The van der Waals surface area contributed by atoms with Crippen LogP contribution in [0.15, 0.2) is 12.5 Å². The van der Waals surface area contributed by atoms with Gasteiger partial charge in [0, 0.05) is 18.7 Å². The van der Waals surface area contributed by atoms with Gasteiger partial charge < -0.3 is 20.9 Å². The van der Waals surface area contributed by atoms with Crippen molar-refractivity contribution in [3.05, 3.63) is 18.2 Å². The lowest BCUT2D eigenvalue weighted by Gasteiger charge is -2.26. The van der Waals surface area contributed by atoms with E-state index in [0.29, 0.717) is 25.4 Å². The van der Waals surface area contributed by atoms with Crippen molar-refractivity contribution >= 4 is 5.97 Å². The molecule has 1 aliphatic carbocycles. The van der Waals surface area contributed by atoms with Crippen molar-refractivity contribution in [2.45, 2.75) is 57.9 Å². The highest BCUT2D eigenvalue weighted by Crippen LogP contribution is 2.31. The molecule has 1 unspecified atom stereocenters. The highest BCUT2D eigenvalue weighted by Gasteiger charge is 2.22. The predicted molar refractivity (Wildman–Crippen MR) is 85.6 cm³/mol. The minimum absolute atomic E-state index is 0. The molecule has 6 heteroatoms. The van der Waals surface area contributed by atoms with Crippen LogP contribution in [0.3, 0.4) is 0 Å². The van der Waals surface area contributed by atoms with Gasteiger partial charge in [0.25, 0.3) is 0 Å². The van der Waals surface area contributed by atoms with E-state index in [1.807, 2.05) is 12.5 Å². The fourth-order valence-electron chi connectivity index (χ4n) is 3.15. The van der Waals surface area contributed by atoms with E-state index in [9.17, 15) is 9.90 Å². The van der Waals surface area contributed by atoms with Gasteiger partial charge in [-0.2, -0.15) is 0 Å². The number of aliphatic carboxylic acids is 1. The third kappa shape index (κ3) is 5.10. The first-order valence-electron chi connectivity index (χ1n) is 8.05. The van der Waals surface area contributed by atoms with Crippen molar-refractivity contribution in [1.82, 2.24) is 9.55 Å². The Bertz CT molecular complexity index is 453. The molecule has 0 saturated heterocycles. The number of carbonyl (C=O) groups is 1. The molecular weight excluding hydrogens is 282 g/mol. The Hall–Kier alpha value is -1.40. The van der Waals surface area contributed by atoms with E-state index in [1.54, 1.807) is 0 Å². The second-order valence-electron chi connectivity index (χ2n) is 6.40. The maximum absolute atomic E-state index is 11.3. The fourth-order valence-corrected chi connectivity index (χ4v) is 3.15. The second-order valence-corrected chi connectivity index (χ2v) is 6.40. The van der Waals surface area contributed by atoms with Crippen LogP contribution in [0.4, 0.5) is 0 Å². The third-order valence-electron chi connectivity index (χ3n) is 4.62. The molecule has 0 spiro atoms. The number of aromatic nitrogens is 2. The number of hydrogen-bond donors (Lipinski definition) is 2. The van der Waals surface area contributed by atoms with Gasteiger partial charge >= 0.3 is 5.97 Å². The van der Waals surface area contributed by atoms with Gasteiger partial charge in [-0.3, -0.25) is 4.79 Å². The van der Waals surface area contributed by atoms with Gasteiger partial charge in [0.2, 0.25) is 0 Å². The molecule has 0 amide bonds. The third-order valence-corrected chi connectivity index (χ3v) is 4.62. The molecule has 1 heterocycles. The molecular formula is C16H29N3O3. The normalized spacial score (nSPS) is 22.8.